The topological polar surface area (TPSA) is 43.4 Å². The average Bonchev–Trinajstić information content (AvgIpc) is 3.32. The van der Waals surface area contributed by atoms with Gasteiger partial charge in [0, 0.05) is 31.1 Å². The van der Waals surface area contributed by atoms with Gasteiger partial charge in [0.05, 0.1) is 17.8 Å². The van der Waals surface area contributed by atoms with Crippen LogP contribution in [0.2, 0.25) is 0 Å². The highest BCUT2D eigenvalue weighted by atomic mass is 19.4. The molecule has 3 heterocycles. The van der Waals surface area contributed by atoms with E-state index in [1.165, 1.54) is 23.6 Å². The Balaban J connectivity index is 1.20. The van der Waals surface area contributed by atoms with Crippen LogP contribution in [-0.2, 0) is 25.9 Å². The first-order chi connectivity index (χ1) is 14.9. The van der Waals surface area contributed by atoms with Crippen LogP contribution < -0.4 is 4.74 Å². The van der Waals surface area contributed by atoms with Gasteiger partial charge in [-0.3, -0.25) is 4.90 Å². The molecule has 1 saturated heterocycles. The van der Waals surface area contributed by atoms with Gasteiger partial charge in [0.25, 0.3) is 0 Å². The number of piperidine rings is 1. The van der Waals surface area contributed by atoms with Crippen LogP contribution in [0.15, 0.2) is 34.9 Å². The Morgan fingerprint density at radius 2 is 1.90 bits per heavy atom. The fourth-order valence-electron chi connectivity index (χ4n) is 4.66. The van der Waals surface area contributed by atoms with Crippen molar-refractivity contribution in [2.24, 2.45) is 0 Å². The van der Waals surface area contributed by atoms with Crippen LogP contribution >= 0.6 is 0 Å². The Bertz CT molecular complexity index is 1020. The van der Waals surface area contributed by atoms with Crippen molar-refractivity contribution in [2.75, 3.05) is 13.1 Å². The summed E-state index contributed by atoms with van der Waals surface area (Å²) in [5.41, 5.74) is 1.67. The molecule has 0 unspecified atom stereocenters. The molecule has 0 spiro atoms. The van der Waals surface area contributed by atoms with Crippen molar-refractivity contribution in [1.29, 1.82) is 0 Å². The van der Waals surface area contributed by atoms with E-state index in [0.717, 1.165) is 68.0 Å². The lowest BCUT2D eigenvalue weighted by Crippen LogP contribution is -2.37. The molecule has 0 atom stereocenters. The Morgan fingerprint density at radius 3 is 2.68 bits per heavy atom. The van der Waals surface area contributed by atoms with Crippen LogP contribution in [-0.4, -0.2) is 39.8 Å². The van der Waals surface area contributed by atoms with Gasteiger partial charge in [-0.05, 0) is 50.3 Å². The second kappa shape index (κ2) is 8.22. The van der Waals surface area contributed by atoms with Gasteiger partial charge in [-0.2, -0.15) is 13.2 Å². The largest absolute Gasteiger partial charge is 0.490 e. The smallest absolute Gasteiger partial charge is 0.406 e. The summed E-state index contributed by atoms with van der Waals surface area (Å²) in [4.78, 5) is 7.00. The molecule has 166 valence electrons. The Kier molecular flexibility index (Phi) is 5.42. The summed E-state index contributed by atoms with van der Waals surface area (Å²) in [6, 6.07) is 7.00. The van der Waals surface area contributed by atoms with Crippen LogP contribution in [0.5, 0.6) is 5.75 Å². The molecule has 3 aromatic rings. The van der Waals surface area contributed by atoms with E-state index in [0.29, 0.717) is 11.3 Å². The number of rotatable bonds is 5. The summed E-state index contributed by atoms with van der Waals surface area (Å²) in [5, 5.41) is 0.722. The van der Waals surface area contributed by atoms with E-state index in [9.17, 15) is 13.2 Å². The highest BCUT2D eigenvalue weighted by Gasteiger charge is 2.29. The summed E-state index contributed by atoms with van der Waals surface area (Å²) in [6.45, 7) is 1.48. The fraction of sp³-hybridized carbons (Fsp3) is 0.522. The standard InChI is InChI=1S/C23H26F3N3O2/c24-23(25,26)15-29-13-10-17-19(29)5-3-7-20(17)30-16-8-11-28(12-9-16)14-22-27-18-4-1-2-6-21(18)31-22/h3,5,7,10,13,16H,1-2,4,6,8-9,11-12,14-15H2. The van der Waals surface area contributed by atoms with Gasteiger partial charge in [0.1, 0.15) is 24.2 Å². The number of nitrogens with zero attached hydrogens (tertiary/aromatic N) is 3. The van der Waals surface area contributed by atoms with E-state index >= 15 is 0 Å². The molecule has 1 aromatic carbocycles. The van der Waals surface area contributed by atoms with Gasteiger partial charge in [-0.25, -0.2) is 4.98 Å². The van der Waals surface area contributed by atoms with E-state index in [1.54, 1.807) is 18.2 Å². The monoisotopic (exact) mass is 433 g/mol. The first-order valence-electron chi connectivity index (χ1n) is 11.0. The van der Waals surface area contributed by atoms with Gasteiger partial charge in [0.15, 0.2) is 0 Å². The number of alkyl halides is 3. The van der Waals surface area contributed by atoms with Crippen molar-refractivity contribution in [3.05, 3.63) is 47.8 Å². The van der Waals surface area contributed by atoms with Gasteiger partial charge < -0.3 is 13.7 Å². The third-order valence-corrected chi connectivity index (χ3v) is 6.20. The Labute approximate surface area is 178 Å². The molecule has 0 saturated carbocycles. The second-order valence-electron chi connectivity index (χ2n) is 8.53. The van der Waals surface area contributed by atoms with Gasteiger partial charge in [-0.15, -0.1) is 0 Å². The number of benzene rings is 1. The molecule has 1 aliphatic carbocycles. The molecule has 0 radical (unpaired) electrons. The first-order valence-corrected chi connectivity index (χ1v) is 11.0. The Morgan fingerprint density at radius 1 is 1.10 bits per heavy atom. The SMILES string of the molecule is FC(F)(F)Cn1ccc2c(OC3CCN(Cc4nc5c(o4)CCCC5)CC3)cccc21. The molecule has 2 aliphatic rings. The minimum Gasteiger partial charge on any atom is -0.490 e. The number of hydrogen-bond acceptors (Lipinski definition) is 4. The van der Waals surface area contributed by atoms with Crippen molar-refractivity contribution in [1.82, 2.24) is 14.5 Å². The van der Waals surface area contributed by atoms with Crippen molar-refractivity contribution < 1.29 is 22.3 Å². The number of aryl methyl sites for hydroxylation is 2. The quantitative estimate of drug-likeness (QED) is 0.561. The summed E-state index contributed by atoms with van der Waals surface area (Å²) in [5.74, 6) is 2.52. The van der Waals surface area contributed by atoms with Gasteiger partial charge in [0.2, 0.25) is 5.89 Å². The molecular weight excluding hydrogens is 407 g/mol. The van der Waals surface area contributed by atoms with Gasteiger partial charge >= 0.3 is 6.18 Å². The molecule has 1 aliphatic heterocycles. The number of oxazole rings is 1. The van der Waals surface area contributed by atoms with Crippen molar-refractivity contribution in [3.63, 3.8) is 0 Å². The molecular formula is C23H26F3N3O2. The van der Waals surface area contributed by atoms with Crippen molar-refractivity contribution in [2.45, 2.75) is 63.9 Å². The zero-order valence-electron chi connectivity index (χ0n) is 17.3. The maximum Gasteiger partial charge on any atom is 0.406 e. The highest BCUT2D eigenvalue weighted by molar-refractivity contribution is 5.86. The minimum absolute atomic E-state index is 0.0468. The number of aromatic nitrogens is 2. The molecule has 0 amide bonds. The van der Waals surface area contributed by atoms with E-state index in [-0.39, 0.29) is 6.10 Å². The molecule has 0 N–H and O–H groups in total. The van der Waals surface area contributed by atoms with Crippen molar-refractivity contribution >= 4 is 10.9 Å². The lowest BCUT2D eigenvalue weighted by molar-refractivity contribution is -0.139. The number of hydrogen-bond donors (Lipinski definition) is 0. The number of likely N-dealkylation sites (tertiary alicyclic amines) is 1. The average molecular weight is 433 g/mol. The lowest BCUT2D eigenvalue weighted by Gasteiger charge is -2.31. The van der Waals surface area contributed by atoms with Crippen LogP contribution in [0.1, 0.15) is 43.0 Å². The number of ether oxygens (including phenoxy) is 1. The van der Waals surface area contributed by atoms with E-state index in [1.807, 2.05) is 6.07 Å². The normalized spacial score (nSPS) is 18.4. The molecule has 5 nitrogen and oxygen atoms in total. The predicted octanol–water partition coefficient (Wildman–Crippen LogP) is 5.11. The zero-order valence-corrected chi connectivity index (χ0v) is 17.3. The summed E-state index contributed by atoms with van der Waals surface area (Å²) in [7, 11) is 0. The molecule has 31 heavy (non-hydrogen) atoms. The van der Waals surface area contributed by atoms with Crippen LogP contribution in [0, 0.1) is 0 Å². The zero-order chi connectivity index (χ0) is 21.4. The molecule has 1 fully saturated rings. The molecule has 2 aromatic heterocycles. The van der Waals surface area contributed by atoms with E-state index < -0.39 is 12.7 Å². The van der Waals surface area contributed by atoms with Crippen LogP contribution in [0.25, 0.3) is 10.9 Å². The third-order valence-electron chi connectivity index (χ3n) is 6.20. The molecule has 8 heteroatoms. The fourth-order valence-corrected chi connectivity index (χ4v) is 4.66. The number of halogens is 3. The maximum absolute atomic E-state index is 12.8. The van der Waals surface area contributed by atoms with Crippen LogP contribution in [0.4, 0.5) is 13.2 Å². The molecule has 0 bridgehead atoms. The lowest BCUT2D eigenvalue weighted by atomic mass is 10.0. The van der Waals surface area contributed by atoms with Gasteiger partial charge in [-0.1, -0.05) is 6.07 Å². The van der Waals surface area contributed by atoms with E-state index in [4.69, 9.17) is 9.15 Å². The maximum atomic E-state index is 12.8. The predicted molar refractivity (Wildman–Crippen MR) is 110 cm³/mol. The van der Waals surface area contributed by atoms with Crippen LogP contribution in [0.3, 0.4) is 0 Å². The summed E-state index contributed by atoms with van der Waals surface area (Å²) in [6.07, 6.45) is 3.37. The molecule has 5 rings (SSSR count). The summed E-state index contributed by atoms with van der Waals surface area (Å²) >= 11 is 0. The summed E-state index contributed by atoms with van der Waals surface area (Å²) < 4.78 is 51.8. The third kappa shape index (κ3) is 4.59. The first kappa shape index (κ1) is 20.4. The minimum atomic E-state index is -4.25. The Hall–Kier alpha value is -2.48. The number of fused-ring (bicyclic) bond motifs is 2. The van der Waals surface area contributed by atoms with E-state index in [2.05, 4.69) is 9.88 Å². The van der Waals surface area contributed by atoms with Crippen molar-refractivity contribution in [3.8, 4) is 5.75 Å². The highest BCUT2D eigenvalue weighted by Crippen LogP contribution is 2.31. The second-order valence-corrected chi connectivity index (χ2v) is 8.53.